The zero-order valence-corrected chi connectivity index (χ0v) is 8.94. The van der Waals surface area contributed by atoms with Crippen molar-refractivity contribution in [2.24, 2.45) is 0 Å². The normalized spacial score (nSPS) is 11.3. The Morgan fingerprint density at radius 3 is 2.44 bits per heavy atom. The molecule has 18 heavy (non-hydrogen) atoms. The van der Waals surface area contributed by atoms with Crippen LogP contribution < -0.4 is 4.74 Å². The summed E-state index contributed by atoms with van der Waals surface area (Å²) >= 11 is 0. The fraction of sp³-hybridized carbons (Fsp3) is 0.0833. The number of nitrogens with zero attached hydrogens (tertiary/aromatic N) is 1. The van der Waals surface area contributed by atoms with Crippen LogP contribution in [0.15, 0.2) is 42.6 Å². The summed E-state index contributed by atoms with van der Waals surface area (Å²) in [4.78, 5) is 3.71. The molecule has 0 aliphatic carbocycles. The number of alkyl halides is 3. The minimum Gasteiger partial charge on any atom is -0.434 e. The van der Waals surface area contributed by atoms with E-state index in [1.54, 1.807) is 12.1 Å². The molecule has 0 bridgehead atoms. The van der Waals surface area contributed by atoms with Gasteiger partial charge in [-0.2, -0.15) is 13.2 Å². The van der Waals surface area contributed by atoms with E-state index in [1.807, 2.05) is 0 Å². The van der Waals surface area contributed by atoms with E-state index in [0.29, 0.717) is 0 Å². The highest BCUT2D eigenvalue weighted by molar-refractivity contribution is 5.48. The molecule has 1 heterocycles. The van der Waals surface area contributed by atoms with Crippen LogP contribution >= 0.6 is 0 Å². The Morgan fingerprint density at radius 1 is 1.06 bits per heavy atom. The van der Waals surface area contributed by atoms with Crippen LogP contribution in [0.25, 0.3) is 0 Å². The number of pyridine rings is 1. The maximum Gasteiger partial charge on any atom is 0.420 e. The summed E-state index contributed by atoms with van der Waals surface area (Å²) in [6.07, 6.45) is -3.29. The molecule has 0 aliphatic rings. The van der Waals surface area contributed by atoms with E-state index >= 15 is 0 Å². The Balaban J connectivity index is 2.44. The second kappa shape index (κ2) is 4.56. The molecule has 0 atom stereocenters. The monoisotopic (exact) mass is 254 g/mol. The summed E-state index contributed by atoms with van der Waals surface area (Å²) < 4.78 is 43.0. The molecule has 3 nitrogen and oxygen atoms in total. The van der Waals surface area contributed by atoms with Crippen molar-refractivity contribution in [3.63, 3.8) is 0 Å². The van der Waals surface area contributed by atoms with E-state index in [2.05, 4.69) is 4.98 Å². The maximum absolute atomic E-state index is 12.7. The zero-order chi connectivity index (χ0) is 13.2. The molecule has 2 rings (SSSR count). The lowest BCUT2D eigenvalue weighted by Gasteiger charge is -2.12. The van der Waals surface area contributed by atoms with Crippen molar-refractivity contribution in [1.82, 2.24) is 4.98 Å². The number of aromatic nitrogens is 1. The summed E-state index contributed by atoms with van der Waals surface area (Å²) in [5.74, 6) is -1.66. The average Bonchev–Trinajstić information content (AvgIpc) is 2.32. The molecule has 1 aromatic heterocycles. The van der Waals surface area contributed by atoms with Gasteiger partial charge in [-0.25, -0.2) is 4.98 Å². The predicted octanol–water partition coefficient (Wildman–Crippen LogP) is 4.04. The smallest absolute Gasteiger partial charge is 0.420 e. The number of halogens is 3. The fourth-order valence-corrected chi connectivity index (χ4v) is 1.36. The van der Waals surface area contributed by atoms with Crippen molar-refractivity contribution in [2.75, 3.05) is 0 Å². The highest BCUT2D eigenvalue weighted by atomic mass is 19.4. The minimum absolute atomic E-state index is 0.0636. The van der Waals surface area contributed by atoms with E-state index in [4.69, 9.17) is 4.74 Å². The number of para-hydroxylation sites is 1. The Morgan fingerprint density at radius 2 is 1.83 bits per heavy atom. The van der Waals surface area contributed by atoms with Crippen LogP contribution in [0.1, 0.15) is 5.56 Å². The van der Waals surface area contributed by atoms with E-state index in [0.717, 1.165) is 18.2 Å². The van der Waals surface area contributed by atoms with Gasteiger partial charge >= 0.3 is 6.18 Å². The number of ether oxygens (including phenoxy) is 1. The van der Waals surface area contributed by atoms with Crippen LogP contribution in [-0.2, 0) is 11.3 Å². The standard InChI is InChI=1S/C12H7F3NO2/c13-12(14,15)8-4-3-5-9(17)11(8)18-10-6-1-2-7-16-10/h1-7H. The van der Waals surface area contributed by atoms with Crippen molar-refractivity contribution < 1.29 is 23.0 Å². The topological polar surface area (TPSA) is 42.0 Å². The van der Waals surface area contributed by atoms with E-state index in [-0.39, 0.29) is 5.88 Å². The Hall–Kier alpha value is -2.24. The fourth-order valence-electron chi connectivity index (χ4n) is 1.36. The molecule has 0 N–H and O–H groups in total. The third kappa shape index (κ3) is 2.53. The molecule has 0 saturated carbocycles. The van der Waals surface area contributed by atoms with Gasteiger partial charge in [0.2, 0.25) is 11.6 Å². The lowest BCUT2D eigenvalue weighted by molar-refractivity contribution is -0.138. The van der Waals surface area contributed by atoms with Crippen molar-refractivity contribution in [3.8, 4) is 17.4 Å². The largest absolute Gasteiger partial charge is 0.434 e. The summed E-state index contributed by atoms with van der Waals surface area (Å²) in [5.41, 5.74) is -1.11. The molecular formula is C12H7F3NO2. The first kappa shape index (κ1) is 12.2. The van der Waals surface area contributed by atoms with Gasteiger partial charge < -0.3 is 4.74 Å². The lowest BCUT2D eigenvalue weighted by atomic mass is 10.2. The third-order valence-electron chi connectivity index (χ3n) is 2.13. The Kier molecular flexibility index (Phi) is 3.10. The first-order valence-corrected chi connectivity index (χ1v) is 4.94. The van der Waals surface area contributed by atoms with Gasteiger partial charge in [0.15, 0.2) is 5.75 Å². The van der Waals surface area contributed by atoms with Crippen molar-refractivity contribution in [2.45, 2.75) is 6.18 Å². The van der Waals surface area contributed by atoms with E-state index < -0.39 is 23.2 Å². The van der Waals surface area contributed by atoms with Crippen LogP contribution in [0.3, 0.4) is 0 Å². The molecule has 0 amide bonds. The zero-order valence-electron chi connectivity index (χ0n) is 8.94. The first-order valence-electron chi connectivity index (χ1n) is 4.94. The molecule has 1 aromatic carbocycles. The highest BCUT2D eigenvalue weighted by Crippen LogP contribution is 2.42. The summed E-state index contributed by atoms with van der Waals surface area (Å²) in [6, 6.07) is 7.33. The van der Waals surface area contributed by atoms with Crippen LogP contribution in [-0.4, -0.2) is 4.98 Å². The lowest BCUT2D eigenvalue weighted by Crippen LogP contribution is -2.07. The quantitative estimate of drug-likeness (QED) is 0.811. The SMILES string of the molecule is [O]c1cccc(C(F)(F)F)c1Oc1ccccn1. The number of rotatable bonds is 2. The van der Waals surface area contributed by atoms with Crippen LogP contribution in [0.5, 0.6) is 17.4 Å². The van der Waals surface area contributed by atoms with Gasteiger partial charge in [0.05, 0.1) is 0 Å². The highest BCUT2D eigenvalue weighted by Gasteiger charge is 2.36. The van der Waals surface area contributed by atoms with Crippen LogP contribution in [0, 0.1) is 0 Å². The van der Waals surface area contributed by atoms with Gasteiger partial charge in [0.1, 0.15) is 5.56 Å². The van der Waals surface area contributed by atoms with Gasteiger partial charge in [-0.15, -0.1) is 0 Å². The van der Waals surface area contributed by atoms with Gasteiger partial charge in [-0.05, 0) is 18.2 Å². The molecule has 0 unspecified atom stereocenters. The number of hydrogen-bond acceptors (Lipinski definition) is 2. The van der Waals surface area contributed by atoms with Gasteiger partial charge in [0, 0.05) is 12.3 Å². The average molecular weight is 254 g/mol. The molecule has 2 aromatic rings. The minimum atomic E-state index is -4.65. The maximum atomic E-state index is 12.7. The molecule has 0 saturated heterocycles. The van der Waals surface area contributed by atoms with Crippen molar-refractivity contribution in [3.05, 3.63) is 48.2 Å². The van der Waals surface area contributed by atoms with E-state index in [1.165, 1.54) is 12.3 Å². The Labute approximate surface area is 100 Å². The summed E-state index contributed by atoms with van der Waals surface area (Å²) in [7, 11) is 0. The van der Waals surface area contributed by atoms with Crippen LogP contribution in [0.4, 0.5) is 13.2 Å². The predicted molar refractivity (Wildman–Crippen MR) is 55.9 cm³/mol. The first-order chi connectivity index (χ1) is 8.48. The summed E-state index contributed by atoms with van der Waals surface area (Å²) in [6.45, 7) is 0. The molecule has 0 aliphatic heterocycles. The van der Waals surface area contributed by atoms with Crippen LogP contribution in [0.2, 0.25) is 0 Å². The number of benzene rings is 1. The second-order valence-electron chi connectivity index (χ2n) is 3.40. The summed E-state index contributed by atoms with van der Waals surface area (Å²) in [5, 5.41) is 11.4. The second-order valence-corrected chi connectivity index (χ2v) is 3.40. The molecule has 0 fully saturated rings. The van der Waals surface area contributed by atoms with Gasteiger partial charge in [-0.1, -0.05) is 12.1 Å². The Bertz CT molecular complexity index is 541. The molecule has 6 heteroatoms. The van der Waals surface area contributed by atoms with Crippen molar-refractivity contribution in [1.29, 1.82) is 0 Å². The molecule has 1 radical (unpaired) electrons. The molecule has 0 spiro atoms. The van der Waals surface area contributed by atoms with Gasteiger partial charge in [0.25, 0.3) is 0 Å². The van der Waals surface area contributed by atoms with Crippen molar-refractivity contribution >= 4 is 0 Å². The third-order valence-corrected chi connectivity index (χ3v) is 2.13. The molecule has 93 valence electrons. The van der Waals surface area contributed by atoms with E-state index in [9.17, 15) is 18.3 Å². The van der Waals surface area contributed by atoms with Gasteiger partial charge in [-0.3, -0.25) is 5.11 Å². The molecular weight excluding hydrogens is 247 g/mol. The number of hydrogen-bond donors (Lipinski definition) is 0.